The van der Waals surface area contributed by atoms with E-state index >= 15 is 0 Å². The summed E-state index contributed by atoms with van der Waals surface area (Å²) >= 11 is 5.99. The molecule has 1 heterocycles. The maximum absolute atomic E-state index is 13.5. The first-order valence-corrected chi connectivity index (χ1v) is 12.8. The Hall–Kier alpha value is -4.63. The quantitative estimate of drug-likeness (QED) is 0.233. The minimum atomic E-state index is -0.943. The summed E-state index contributed by atoms with van der Waals surface area (Å²) in [5.74, 6) is -0.711. The lowest BCUT2D eigenvalue weighted by Crippen LogP contribution is -2.41. The van der Waals surface area contributed by atoms with Gasteiger partial charge in [-0.1, -0.05) is 11.6 Å². The predicted octanol–water partition coefficient (Wildman–Crippen LogP) is 4.91. The van der Waals surface area contributed by atoms with Crippen LogP contribution in [0.3, 0.4) is 0 Å². The number of hydrogen-bond acceptors (Lipinski definition) is 6. The molecular formula is C30H28ClN3O6. The molecule has 10 heteroatoms. The number of methoxy groups -OCH3 is 1. The van der Waals surface area contributed by atoms with E-state index < -0.39 is 17.9 Å². The molecule has 9 nitrogen and oxygen atoms in total. The average Bonchev–Trinajstić information content (AvgIpc) is 3.19. The average molecular weight is 562 g/mol. The van der Waals surface area contributed by atoms with Gasteiger partial charge in [-0.3, -0.25) is 19.0 Å². The van der Waals surface area contributed by atoms with Gasteiger partial charge in [0, 0.05) is 34.3 Å². The van der Waals surface area contributed by atoms with Crippen LogP contribution in [0.2, 0.25) is 5.02 Å². The number of aromatic nitrogens is 1. The fourth-order valence-corrected chi connectivity index (χ4v) is 4.45. The Morgan fingerprint density at radius 2 is 1.60 bits per heavy atom. The number of fused-ring (bicyclic) bond motifs is 1. The number of nitrogens with zero attached hydrogens (tertiary/aromatic N) is 1. The largest absolute Gasteiger partial charge is 0.497 e. The maximum Gasteiger partial charge on any atom is 0.333 e. The number of hydrogen-bond donors (Lipinski definition) is 2. The summed E-state index contributed by atoms with van der Waals surface area (Å²) in [6.07, 6.45) is -0.0839. The van der Waals surface area contributed by atoms with E-state index in [-0.39, 0.29) is 24.0 Å². The summed E-state index contributed by atoms with van der Waals surface area (Å²) in [6.45, 7) is 4.69. The molecule has 0 aliphatic rings. The van der Waals surface area contributed by atoms with Crippen LogP contribution in [0.25, 0.3) is 10.9 Å². The first-order valence-electron chi connectivity index (χ1n) is 12.4. The number of benzene rings is 3. The van der Waals surface area contributed by atoms with Crippen molar-refractivity contribution in [2.45, 2.75) is 33.2 Å². The zero-order chi connectivity index (χ0) is 29.0. The smallest absolute Gasteiger partial charge is 0.333 e. The molecule has 0 saturated carbocycles. The third-order valence-electron chi connectivity index (χ3n) is 6.30. The number of amides is 2. The number of carbonyl (C=O) groups excluding carboxylic acids is 4. The van der Waals surface area contributed by atoms with Crippen LogP contribution in [0.5, 0.6) is 11.5 Å². The van der Waals surface area contributed by atoms with Crippen LogP contribution in [-0.4, -0.2) is 41.4 Å². The summed E-state index contributed by atoms with van der Waals surface area (Å²) in [5.41, 5.74) is 2.85. The molecule has 0 spiro atoms. The molecule has 2 amide bonds. The van der Waals surface area contributed by atoms with Crippen molar-refractivity contribution in [2.75, 3.05) is 12.4 Å². The molecule has 4 aromatic rings. The summed E-state index contributed by atoms with van der Waals surface area (Å²) in [6, 6.07) is 17.2. The Kier molecular flexibility index (Phi) is 8.55. The van der Waals surface area contributed by atoms with E-state index in [1.165, 1.54) is 21.0 Å². The van der Waals surface area contributed by atoms with Gasteiger partial charge in [-0.2, -0.15) is 0 Å². The summed E-state index contributed by atoms with van der Waals surface area (Å²) in [5, 5.41) is 6.50. The second-order valence-electron chi connectivity index (χ2n) is 9.19. The van der Waals surface area contributed by atoms with Gasteiger partial charge in [0.15, 0.2) is 0 Å². The standard InChI is InChI=1S/C30H28ClN3O6/c1-17(30(38)40-23-11-9-22(10-12-23)33-19(3)35)32-28(36)16-25-18(2)34(27-14-13-24(39-4)15-26(25)27)29(37)20-5-7-21(31)8-6-20/h5-15,17H,16H2,1-4H3,(H,32,36)(H,33,35)/t17-/m0/s1. The first kappa shape index (κ1) is 28.4. The Morgan fingerprint density at radius 3 is 2.23 bits per heavy atom. The minimum absolute atomic E-state index is 0.0839. The summed E-state index contributed by atoms with van der Waals surface area (Å²) < 4.78 is 12.3. The lowest BCUT2D eigenvalue weighted by molar-refractivity contribution is -0.138. The van der Waals surface area contributed by atoms with Crippen molar-refractivity contribution in [2.24, 2.45) is 0 Å². The Bertz CT molecular complexity index is 1590. The number of anilines is 1. The summed E-state index contributed by atoms with van der Waals surface area (Å²) in [4.78, 5) is 50.3. The molecule has 206 valence electrons. The molecule has 0 aliphatic heterocycles. The van der Waals surface area contributed by atoms with Gasteiger partial charge in [-0.15, -0.1) is 0 Å². The van der Waals surface area contributed by atoms with Crippen LogP contribution in [0.4, 0.5) is 5.69 Å². The number of halogens is 1. The van der Waals surface area contributed by atoms with E-state index in [0.29, 0.717) is 44.2 Å². The molecule has 4 rings (SSSR count). The van der Waals surface area contributed by atoms with E-state index in [1.54, 1.807) is 78.2 Å². The van der Waals surface area contributed by atoms with E-state index in [2.05, 4.69) is 10.6 Å². The zero-order valence-corrected chi connectivity index (χ0v) is 23.2. The van der Waals surface area contributed by atoms with Gasteiger partial charge in [0.25, 0.3) is 5.91 Å². The number of esters is 1. The molecule has 0 radical (unpaired) electrons. The van der Waals surface area contributed by atoms with Crippen molar-refractivity contribution in [3.63, 3.8) is 0 Å². The number of carbonyl (C=O) groups is 4. The molecular weight excluding hydrogens is 534 g/mol. The molecule has 40 heavy (non-hydrogen) atoms. The first-order chi connectivity index (χ1) is 19.1. The fraction of sp³-hybridized carbons (Fsp3) is 0.200. The number of ether oxygens (including phenoxy) is 2. The fourth-order valence-electron chi connectivity index (χ4n) is 4.32. The van der Waals surface area contributed by atoms with Gasteiger partial charge >= 0.3 is 5.97 Å². The van der Waals surface area contributed by atoms with E-state index in [9.17, 15) is 19.2 Å². The van der Waals surface area contributed by atoms with Gasteiger partial charge in [0.05, 0.1) is 19.0 Å². The predicted molar refractivity (Wildman–Crippen MR) is 152 cm³/mol. The highest BCUT2D eigenvalue weighted by Crippen LogP contribution is 2.31. The Labute approximate surface area is 236 Å². The van der Waals surface area contributed by atoms with Crippen LogP contribution in [-0.2, 0) is 20.8 Å². The van der Waals surface area contributed by atoms with Crippen molar-refractivity contribution >= 4 is 51.9 Å². The van der Waals surface area contributed by atoms with Crippen LogP contribution in [0.15, 0.2) is 66.7 Å². The van der Waals surface area contributed by atoms with Crippen LogP contribution >= 0.6 is 11.6 Å². The lowest BCUT2D eigenvalue weighted by atomic mass is 10.1. The highest BCUT2D eigenvalue weighted by Gasteiger charge is 2.24. The summed E-state index contributed by atoms with van der Waals surface area (Å²) in [7, 11) is 1.54. The van der Waals surface area contributed by atoms with E-state index in [1.807, 2.05) is 0 Å². The highest BCUT2D eigenvalue weighted by molar-refractivity contribution is 6.30. The van der Waals surface area contributed by atoms with Crippen molar-refractivity contribution in [3.8, 4) is 11.5 Å². The van der Waals surface area contributed by atoms with Crippen molar-refractivity contribution in [1.29, 1.82) is 0 Å². The van der Waals surface area contributed by atoms with Gasteiger partial charge < -0.3 is 20.1 Å². The van der Waals surface area contributed by atoms with E-state index in [0.717, 1.165) is 0 Å². The Morgan fingerprint density at radius 1 is 0.950 bits per heavy atom. The Balaban J connectivity index is 1.53. The molecule has 2 N–H and O–H groups in total. The topological polar surface area (TPSA) is 116 Å². The van der Waals surface area contributed by atoms with Gasteiger partial charge in [0.2, 0.25) is 11.8 Å². The molecule has 0 unspecified atom stereocenters. The molecule has 3 aromatic carbocycles. The lowest BCUT2D eigenvalue weighted by Gasteiger charge is -2.14. The number of nitrogens with one attached hydrogen (secondary N) is 2. The number of rotatable bonds is 8. The second kappa shape index (κ2) is 12.0. The van der Waals surface area contributed by atoms with Crippen LogP contribution in [0, 0.1) is 6.92 Å². The zero-order valence-electron chi connectivity index (χ0n) is 22.4. The van der Waals surface area contributed by atoms with Crippen LogP contribution in [0.1, 0.15) is 35.5 Å². The molecule has 0 saturated heterocycles. The van der Waals surface area contributed by atoms with Crippen LogP contribution < -0.4 is 20.1 Å². The highest BCUT2D eigenvalue weighted by atomic mass is 35.5. The molecule has 1 aromatic heterocycles. The molecule has 0 fully saturated rings. The monoisotopic (exact) mass is 561 g/mol. The second-order valence-corrected chi connectivity index (χ2v) is 9.62. The maximum atomic E-state index is 13.5. The van der Waals surface area contributed by atoms with E-state index in [4.69, 9.17) is 21.1 Å². The normalized spacial score (nSPS) is 11.5. The molecule has 0 bridgehead atoms. The minimum Gasteiger partial charge on any atom is -0.497 e. The molecule has 0 aliphatic carbocycles. The SMILES string of the molecule is COc1ccc2c(c1)c(CC(=O)N[C@@H](C)C(=O)Oc1ccc(NC(C)=O)cc1)c(C)n2C(=O)c1ccc(Cl)cc1. The van der Waals surface area contributed by atoms with Gasteiger partial charge in [-0.25, -0.2) is 4.79 Å². The van der Waals surface area contributed by atoms with Crippen molar-refractivity contribution in [3.05, 3.63) is 88.6 Å². The van der Waals surface area contributed by atoms with Crippen molar-refractivity contribution in [1.82, 2.24) is 9.88 Å². The molecule has 1 atom stereocenters. The van der Waals surface area contributed by atoms with Gasteiger partial charge in [-0.05, 0) is 86.1 Å². The van der Waals surface area contributed by atoms with Gasteiger partial charge in [0.1, 0.15) is 17.5 Å². The van der Waals surface area contributed by atoms with Crippen molar-refractivity contribution < 1.29 is 28.7 Å². The third kappa shape index (κ3) is 6.32. The third-order valence-corrected chi connectivity index (χ3v) is 6.55.